The van der Waals surface area contributed by atoms with Crippen molar-refractivity contribution in [1.82, 2.24) is 19.5 Å². The van der Waals surface area contributed by atoms with Gasteiger partial charge in [-0.15, -0.1) is 0 Å². The van der Waals surface area contributed by atoms with Crippen molar-refractivity contribution in [1.29, 1.82) is 0 Å². The molecule has 25 heavy (non-hydrogen) atoms. The predicted molar refractivity (Wildman–Crippen MR) is 82.9 cm³/mol. The van der Waals surface area contributed by atoms with Crippen LogP contribution in [0.15, 0.2) is 12.7 Å². The topological polar surface area (TPSA) is 186 Å². The SMILES string of the molecule is CC[C@@]1(n2cnc3c(N)ncnc32)O[C@H](CO)[C@@H](OP(=O)(O)O)[C@H]1O. The molecule has 1 fully saturated rings. The van der Waals surface area contributed by atoms with Gasteiger partial charge in [-0.1, -0.05) is 6.92 Å². The molecule has 1 saturated heterocycles. The Labute approximate surface area is 141 Å². The molecule has 0 saturated carbocycles. The summed E-state index contributed by atoms with van der Waals surface area (Å²) in [6.07, 6.45) is -1.43. The third-order valence-corrected chi connectivity index (χ3v) is 4.73. The molecule has 13 heteroatoms. The van der Waals surface area contributed by atoms with Gasteiger partial charge in [-0.3, -0.25) is 9.09 Å². The molecule has 2 aromatic heterocycles. The maximum Gasteiger partial charge on any atom is 0.470 e. The molecule has 0 bridgehead atoms. The predicted octanol–water partition coefficient (Wildman–Crippen LogP) is -1.30. The number of rotatable bonds is 5. The van der Waals surface area contributed by atoms with Gasteiger partial charge in [0.05, 0.1) is 12.9 Å². The Kier molecular flexibility index (Phi) is 4.54. The van der Waals surface area contributed by atoms with Crippen molar-refractivity contribution in [2.24, 2.45) is 0 Å². The van der Waals surface area contributed by atoms with Gasteiger partial charge in [-0.25, -0.2) is 19.5 Å². The zero-order valence-electron chi connectivity index (χ0n) is 13.1. The van der Waals surface area contributed by atoms with Crippen LogP contribution in [-0.4, -0.2) is 64.4 Å². The van der Waals surface area contributed by atoms with E-state index >= 15 is 0 Å². The van der Waals surface area contributed by atoms with Gasteiger partial charge >= 0.3 is 7.82 Å². The number of imidazole rings is 1. The summed E-state index contributed by atoms with van der Waals surface area (Å²) in [5.74, 6) is 0.129. The van der Waals surface area contributed by atoms with Gasteiger partial charge in [0.1, 0.15) is 30.2 Å². The number of aliphatic hydroxyl groups excluding tert-OH is 2. The number of nitrogen functional groups attached to an aromatic ring is 1. The number of aromatic nitrogens is 4. The number of phosphoric acid groups is 1. The van der Waals surface area contributed by atoms with Crippen molar-refractivity contribution >= 4 is 24.8 Å². The molecule has 3 heterocycles. The lowest BCUT2D eigenvalue weighted by Crippen LogP contribution is -2.45. The Morgan fingerprint density at radius 2 is 2.16 bits per heavy atom. The molecular weight excluding hydrogens is 357 g/mol. The van der Waals surface area contributed by atoms with E-state index in [1.807, 2.05) is 0 Å². The first-order valence-electron chi connectivity index (χ1n) is 7.38. The Hall–Kier alpha value is -1.66. The van der Waals surface area contributed by atoms with Crippen LogP contribution in [0, 0.1) is 0 Å². The van der Waals surface area contributed by atoms with E-state index < -0.39 is 38.5 Å². The summed E-state index contributed by atoms with van der Waals surface area (Å²) in [6.45, 7) is 1.07. The highest BCUT2D eigenvalue weighted by Crippen LogP contribution is 2.47. The lowest BCUT2D eigenvalue weighted by Gasteiger charge is -2.32. The third kappa shape index (κ3) is 2.91. The second-order valence-electron chi connectivity index (χ2n) is 5.59. The van der Waals surface area contributed by atoms with Crippen LogP contribution in [0.2, 0.25) is 0 Å². The molecule has 0 aliphatic carbocycles. The minimum Gasteiger partial charge on any atom is -0.394 e. The molecule has 3 rings (SSSR count). The molecular formula is C12H18N5O7P. The van der Waals surface area contributed by atoms with Crippen LogP contribution in [0.5, 0.6) is 0 Å². The number of hydrogen-bond donors (Lipinski definition) is 5. The van der Waals surface area contributed by atoms with Gasteiger partial charge in [0.2, 0.25) is 0 Å². The molecule has 12 nitrogen and oxygen atoms in total. The first kappa shape index (κ1) is 18.1. The summed E-state index contributed by atoms with van der Waals surface area (Å²) < 4.78 is 23.0. The largest absolute Gasteiger partial charge is 0.470 e. The van der Waals surface area contributed by atoms with E-state index in [0.717, 1.165) is 0 Å². The minimum atomic E-state index is -4.92. The molecule has 1 aliphatic rings. The fourth-order valence-corrected chi connectivity index (χ4v) is 3.64. The van der Waals surface area contributed by atoms with Crippen LogP contribution < -0.4 is 5.73 Å². The summed E-state index contributed by atoms with van der Waals surface area (Å²) in [6, 6.07) is 0. The highest BCUT2D eigenvalue weighted by molar-refractivity contribution is 7.46. The standard InChI is InChI=1S/C12H18N5O7P/c1-2-12(17-5-16-7-10(13)14-4-15-11(7)17)9(19)8(6(3-18)23-12)24-25(20,21)22/h4-6,8-9,18-19H,2-3H2,1H3,(H2,13,14,15)(H2,20,21,22)/t6-,8-,9-,12-/m1/s1. The van der Waals surface area contributed by atoms with Crippen molar-refractivity contribution < 1.29 is 33.8 Å². The van der Waals surface area contributed by atoms with Crippen molar-refractivity contribution in [3.05, 3.63) is 12.7 Å². The number of hydrogen-bond acceptors (Lipinski definition) is 9. The molecule has 0 amide bonds. The highest BCUT2D eigenvalue weighted by Gasteiger charge is 2.57. The Morgan fingerprint density at radius 1 is 1.44 bits per heavy atom. The maximum atomic E-state index is 11.2. The number of anilines is 1. The summed E-state index contributed by atoms with van der Waals surface area (Å²) in [5.41, 5.74) is 4.79. The van der Waals surface area contributed by atoms with Crippen LogP contribution in [0.3, 0.4) is 0 Å². The first-order valence-corrected chi connectivity index (χ1v) is 8.91. The quantitative estimate of drug-likeness (QED) is 0.391. The van der Waals surface area contributed by atoms with Crippen LogP contribution in [-0.2, 0) is 19.6 Å². The van der Waals surface area contributed by atoms with E-state index in [1.165, 1.54) is 17.2 Å². The molecule has 6 N–H and O–H groups in total. The van der Waals surface area contributed by atoms with Gasteiger partial charge in [0.25, 0.3) is 0 Å². The molecule has 0 radical (unpaired) electrons. The average Bonchev–Trinajstić information content (AvgIpc) is 3.09. The van der Waals surface area contributed by atoms with Crippen molar-refractivity contribution in [2.75, 3.05) is 12.3 Å². The molecule has 1 aliphatic heterocycles. The van der Waals surface area contributed by atoms with E-state index in [2.05, 4.69) is 19.5 Å². The van der Waals surface area contributed by atoms with Gasteiger partial charge in [-0.05, 0) is 6.42 Å². The Morgan fingerprint density at radius 3 is 2.76 bits per heavy atom. The number of aliphatic hydroxyl groups is 2. The number of ether oxygens (including phenoxy) is 1. The summed E-state index contributed by atoms with van der Waals surface area (Å²) in [4.78, 5) is 30.2. The van der Waals surface area contributed by atoms with Crippen molar-refractivity contribution in [3.63, 3.8) is 0 Å². The lowest BCUT2D eigenvalue weighted by molar-refractivity contribution is -0.147. The van der Waals surface area contributed by atoms with E-state index in [9.17, 15) is 14.8 Å². The monoisotopic (exact) mass is 375 g/mol. The fourth-order valence-electron chi connectivity index (χ4n) is 3.08. The third-order valence-electron chi connectivity index (χ3n) is 4.21. The summed E-state index contributed by atoms with van der Waals surface area (Å²) in [7, 11) is -4.92. The summed E-state index contributed by atoms with van der Waals surface area (Å²) >= 11 is 0. The Bertz CT molecular complexity index is 825. The molecule has 0 spiro atoms. The molecule has 138 valence electrons. The van der Waals surface area contributed by atoms with Crippen molar-refractivity contribution in [2.45, 2.75) is 37.4 Å². The first-order chi connectivity index (χ1) is 11.7. The number of nitrogens with zero attached hydrogens (tertiary/aromatic N) is 4. The van der Waals surface area contributed by atoms with E-state index in [0.29, 0.717) is 0 Å². The molecule has 2 aromatic rings. The zero-order chi connectivity index (χ0) is 18.4. The van der Waals surface area contributed by atoms with E-state index in [1.54, 1.807) is 6.92 Å². The van der Waals surface area contributed by atoms with Gasteiger partial charge in [-0.2, -0.15) is 0 Å². The average molecular weight is 375 g/mol. The van der Waals surface area contributed by atoms with Crippen LogP contribution in [0.4, 0.5) is 5.82 Å². The Balaban J connectivity index is 2.11. The van der Waals surface area contributed by atoms with Crippen LogP contribution in [0.25, 0.3) is 11.2 Å². The van der Waals surface area contributed by atoms with Crippen LogP contribution in [0.1, 0.15) is 13.3 Å². The smallest absolute Gasteiger partial charge is 0.394 e. The molecule has 4 atom stereocenters. The van der Waals surface area contributed by atoms with Crippen LogP contribution >= 0.6 is 7.82 Å². The molecule has 0 unspecified atom stereocenters. The second-order valence-corrected chi connectivity index (χ2v) is 6.78. The highest BCUT2D eigenvalue weighted by atomic mass is 31.2. The zero-order valence-corrected chi connectivity index (χ0v) is 14.0. The number of phosphoric ester groups is 1. The molecule has 0 aromatic carbocycles. The van der Waals surface area contributed by atoms with Gasteiger partial charge in [0, 0.05) is 0 Å². The number of nitrogens with two attached hydrogens (primary N) is 1. The fraction of sp³-hybridized carbons (Fsp3) is 0.583. The van der Waals surface area contributed by atoms with Crippen molar-refractivity contribution in [3.8, 4) is 0 Å². The number of fused-ring (bicyclic) bond motifs is 1. The normalized spacial score (nSPS) is 30.2. The van der Waals surface area contributed by atoms with E-state index in [4.69, 9.17) is 20.3 Å². The second kappa shape index (κ2) is 6.25. The minimum absolute atomic E-state index is 0.129. The summed E-state index contributed by atoms with van der Waals surface area (Å²) in [5, 5.41) is 20.2. The van der Waals surface area contributed by atoms with Gasteiger partial charge < -0.3 is 30.5 Å². The van der Waals surface area contributed by atoms with Gasteiger partial charge in [0.15, 0.2) is 17.2 Å². The maximum absolute atomic E-state index is 11.2. The van der Waals surface area contributed by atoms with E-state index in [-0.39, 0.29) is 23.4 Å². The lowest BCUT2D eigenvalue weighted by atomic mass is 10.00.